The molecule has 1 atom stereocenters. The van der Waals surface area contributed by atoms with Gasteiger partial charge in [0.1, 0.15) is 0 Å². The summed E-state index contributed by atoms with van der Waals surface area (Å²) in [5, 5.41) is 3.20. The molecular formula is C29H29N3O. The molecule has 3 aromatic carbocycles. The molecule has 0 aliphatic carbocycles. The number of amides is 2. The summed E-state index contributed by atoms with van der Waals surface area (Å²) in [4.78, 5) is 15.8. The number of benzene rings is 3. The number of aromatic nitrogens is 1. The molecule has 5 rings (SSSR count). The molecule has 1 aromatic heterocycles. The Bertz CT molecular complexity index is 1300. The molecule has 1 aliphatic heterocycles. The van der Waals surface area contributed by atoms with Gasteiger partial charge in [-0.1, -0.05) is 61.5 Å². The third kappa shape index (κ3) is 3.93. The molecule has 166 valence electrons. The molecule has 4 aromatic rings. The van der Waals surface area contributed by atoms with Gasteiger partial charge < -0.3 is 14.8 Å². The smallest absolute Gasteiger partial charge is 0.318 e. The third-order valence-corrected chi connectivity index (χ3v) is 6.56. The number of nitrogens with one attached hydrogen (secondary N) is 1. The second-order valence-corrected chi connectivity index (χ2v) is 8.81. The van der Waals surface area contributed by atoms with Crippen LogP contribution in [0.2, 0.25) is 0 Å². The predicted octanol–water partition coefficient (Wildman–Crippen LogP) is 6.79. The summed E-state index contributed by atoms with van der Waals surface area (Å²) >= 11 is 0. The molecule has 0 fully saturated rings. The number of fused-ring (bicyclic) bond motifs is 3. The van der Waals surface area contributed by atoms with E-state index in [4.69, 9.17) is 0 Å². The lowest BCUT2D eigenvalue weighted by Gasteiger charge is -2.31. The van der Waals surface area contributed by atoms with Crippen LogP contribution >= 0.6 is 0 Å². The van der Waals surface area contributed by atoms with Gasteiger partial charge in [0.05, 0.1) is 18.3 Å². The van der Waals surface area contributed by atoms with Crippen LogP contribution in [0.4, 0.5) is 10.5 Å². The van der Waals surface area contributed by atoms with E-state index in [1.165, 1.54) is 5.56 Å². The predicted molar refractivity (Wildman–Crippen MR) is 134 cm³/mol. The van der Waals surface area contributed by atoms with Crippen molar-refractivity contribution in [1.82, 2.24) is 9.47 Å². The first-order valence-corrected chi connectivity index (χ1v) is 11.5. The molecule has 1 N–H and O–H groups in total. The van der Waals surface area contributed by atoms with Gasteiger partial charge in [0.2, 0.25) is 0 Å². The maximum Gasteiger partial charge on any atom is 0.322 e. The van der Waals surface area contributed by atoms with Gasteiger partial charge in [-0.15, -0.1) is 0 Å². The molecule has 0 saturated carbocycles. The zero-order valence-electron chi connectivity index (χ0n) is 19.4. The Morgan fingerprint density at radius 1 is 0.970 bits per heavy atom. The lowest BCUT2D eigenvalue weighted by Crippen LogP contribution is -2.38. The minimum absolute atomic E-state index is 0.0993. The SMILES string of the molecule is CCc1ccc([C@H]2c3cccn3-c3ccccc3CN2C(=O)Nc2cc(C)ccc2C)cc1. The minimum atomic E-state index is -0.205. The second kappa shape index (κ2) is 8.62. The van der Waals surface area contributed by atoms with Crippen molar-refractivity contribution in [3.05, 3.63) is 119 Å². The van der Waals surface area contributed by atoms with Crippen LogP contribution in [-0.4, -0.2) is 15.5 Å². The van der Waals surface area contributed by atoms with Crippen molar-refractivity contribution in [3.63, 3.8) is 0 Å². The molecule has 1 aliphatic rings. The normalized spacial score (nSPS) is 14.9. The molecule has 0 saturated heterocycles. The number of carbonyl (C=O) groups excluding carboxylic acids is 1. The summed E-state index contributed by atoms with van der Waals surface area (Å²) in [6, 6.07) is 27.0. The summed E-state index contributed by atoms with van der Waals surface area (Å²) in [7, 11) is 0. The molecule has 0 radical (unpaired) electrons. The van der Waals surface area contributed by atoms with Gasteiger partial charge in [0.15, 0.2) is 0 Å². The number of hydrogen-bond acceptors (Lipinski definition) is 1. The highest BCUT2D eigenvalue weighted by Crippen LogP contribution is 2.37. The Labute approximate surface area is 195 Å². The fraction of sp³-hybridized carbons (Fsp3) is 0.207. The molecule has 4 heteroatoms. The first-order chi connectivity index (χ1) is 16.0. The zero-order chi connectivity index (χ0) is 22.9. The number of anilines is 1. The van der Waals surface area contributed by atoms with Crippen LogP contribution in [0, 0.1) is 13.8 Å². The Hall–Kier alpha value is -3.79. The quantitative estimate of drug-likeness (QED) is 0.378. The van der Waals surface area contributed by atoms with Crippen LogP contribution in [0.3, 0.4) is 0 Å². The highest BCUT2D eigenvalue weighted by molar-refractivity contribution is 5.91. The van der Waals surface area contributed by atoms with Crippen molar-refractivity contribution in [2.45, 2.75) is 39.8 Å². The molecule has 2 heterocycles. The number of rotatable bonds is 3. The number of urea groups is 1. The van der Waals surface area contributed by atoms with E-state index in [-0.39, 0.29) is 12.1 Å². The number of nitrogens with zero attached hydrogens (tertiary/aromatic N) is 2. The van der Waals surface area contributed by atoms with Gasteiger partial charge in [-0.25, -0.2) is 4.79 Å². The zero-order valence-corrected chi connectivity index (χ0v) is 19.4. The molecule has 0 spiro atoms. The maximum atomic E-state index is 13.8. The van der Waals surface area contributed by atoms with Crippen molar-refractivity contribution in [2.75, 3.05) is 5.32 Å². The lowest BCUT2D eigenvalue weighted by atomic mass is 9.99. The minimum Gasteiger partial charge on any atom is -0.318 e. The summed E-state index contributed by atoms with van der Waals surface area (Å²) in [6.45, 7) is 6.75. The third-order valence-electron chi connectivity index (χ3n) is 6.56. The van der Waals surface area contributed by atoms with E-state index in [1.807, 2.05) is 30.9 Å². The summed E-state index contributed by atoms with van der Waals surface area (Å²) in [5.74, 6) is 0. The number of carbonyl (C=O) groups is 1. The first kappa shape index (κ1) is 21.1. The van der Waals surface area contributed by atoms with E-state index < -0.39 is 0 Å². The van der Waals surface area contributed by atoms with E-state index >= 15 is 0 Å². The lowest BCUT2D eigenvalue weighted by molar-refractivity contribution is 0.194. The summed E-state index contributed by atoms with van der Waals surface area (Å²) in [5.41, 5.74) is 8.75. The first-order valence-electron chi connectivity index (χ1n) is 11.5. The largest absolute Gasteiger partial charge is 0.322 e. The average Bonchev–Trinajstić information content (AvgIpc) is 3.26. The van der Waals surface area contributed by atoms with Gasteiger partial charge >= 0.3 is 6.03 Å². The average molecular weight is 436 g/mol. The number of aryl methyl sites for hydroxylation is 3. The highest BCUT2D eigenvalue weighted by Gasteiger charge is 2.33. The topological polar surface area (TPSA) is 37.3 Å². The molecule has 2 amide bonds. The van der Waals surface area contributed by atoms with Crippen LogP contribution < -0.4 is 5.32 Å². The van der Waals surface area contributed by atoms with Gasteiger partial charge in [0, 0.05) is 17.6 Å². The Kier molecular flexibility index (Phi) is 5.51. The molecule has 33 heavy (non-hydrogen) atoms. The fourth-order valence-electron chi connectivity index (χ4n) is 4.68. The van der Waals surface area contributed by atoms with Crippen LogP contribution in [-0.2, 0) is 13.0 Å². The fourth-order valence-corrected chi connectivity index (χ4v) is 4.68. The van der Waals surface area contributed by atoms with Crippen LogP contribution in [0.15, 0.2) is 85.1 Å². The van der Waals surface area contributed by atoms with Crippen LogP contribution in [0.1, 0.15) is 46.5 Å². The Morgan fingerprint density at radius 3 is 2.55 bits per heavy atom. The van der Waals surface area contributed by atoms with Crippen molar-refractivity contribution < 1.29 is 4.79 Å². The van der Waals surface area contributed by atoms with Crippen molar-refractivity contribution in [1.29, 1.82) is 0 Å². The van der Waals surface area contributed by atoms with Gasteiger partial charge in [-0.2, -0.15) is 0 Å². The Balaban J connectivity index is 1.63. The maximum absolute atomic E-state index is 13.8. The number of para-hydroxylation sites is 1. The Morgan fingerprint density at radius 2 is 1.76 bits per heavy atom. The van der Waals surface area contributed by atoms with Crippen LogP contribution in [0.5, 0.6) is 0 Å². The van der Waals surface area contributed by atoms with E-state index in [1.54, 1.807) is 0 Å². The van der Waals surface area contributed by atoms with Crippen molar-refractivity contribution in [3.8, 4) is 5.69 Å². The summed E-state index contributed by atoms with van der Waals surface area (Å²) in [6.07, 6.45) is 3.08. The van der Waals surface area contributed by atoms with Gasteiger partial charge in [-0.05, 0) is 72.4 Å². The van der Waals surface area contributed by atoms with Crippen molar-refractivity contribution in [2.24, 2.45) is 0 Å². The summed E-state index contributed by atoms with van der Waals surface area (Å²) < 4.78 is 2.22. The highest BCUT2D eigenvalue weighted by atomic mass is 16.2. The van der Waals surface area contributed by atoms with Crippen LogP contribution in [0.25, 0.3) is 5.69 Å². The monoisotopic (exact) mass is 435 g/mol. The second-order valence-electron chi connectivity index (χ2n) is 8.81. The van der Waals surface area contributed by atoms with Gasteiger partial charge in [0.25, 0.3) is 0 Å². The van der Waals surface area contributed by atoms with Crippen molar-refractivity contribution >= 4 is 11.7 Å². The molecular weight excluding hydrogens is 406 g/mol. The van der Waals surface area contributed by atoms with E-state index in [0.29, 0.717) is 6.54 Å². The molecule has 0 unspecified atom stereocenters. The standard InChI is InChI=1S/C29H29N3O/c1-4-22-13-15-23(16-14-22)28-27-10-7-17-31(27)26-9-6-5-8-24(26)19-32(28)29(33)30-25-18-20(2)11-12-21(25)3/h5-18,28H,4,19H2,1-3H3,(H,30,33)/t28-/m0/s1. The van der Waals surface area contributed by atoms with E-state index in [0.717, 1.165) is 45.7 Å². The van der Waals surface area contributed by atoms with Gasteiger partial charge in [-0.3, -0.25) is 0 Å². The molecule has 0 bridgehead atoms. The van der Waals surface area contributed by atoms with E-state index in [2.05, 4.69) is 89.7 Å². The number of hydrogen-bond donors (Lipinski definition) is 1. The molecule has 4 nitrogen and oxygen atoms in total. The van der Waals surface area contributed by atoms with E-state index in [9.17, 15) is 4.79 Å².